The van der Waals surface area contributed by atoms with Crippen molar-refractivity contribution in [2.75, 3.05) is 0 Å². The van der Waals surface area contributed by atoms with Crippen LogP contribution in [-0.2, 0) is 6.42 Å². The summed E-state index contributed by atoms with van der Waals surface area (Å²) in [4.78, 5) is 0. The number of fused-ring (bicyclic) bond motifs is 1. The van der Waals surface area contributed by atoms with E-state index in [2.05, 4.69) is 6.92 Å². The lowest BCUT2D eigenvalue weighted by atomic mass is 9.76. The van der Waals surface area contributed by atoms with Crippen molar-refractivity contribution in [3.05, 3.63) is 70.0 Å². The second kappa shape index (κ2) is 8.77. The number of benzene rings is 2. The van der Waals surface area contributed by atoms with Gasteiger partial charge in [0.2, 0.25) is 0 Å². The number of aryl methyl sites for hydroxylation is 1. The molecule has 0 saturated heterocycles. The zero-order chi connectivity index (χ0) is 20.4. The fraction of sp³-hybridized carbons (Fsp3) is 0.462. The van der Waals surface area contributed by atoms with Crippen LogP contribution in [0.1, 0.15) is 86.5 Å². The molecule has 0 bridgehead atoms. The van der Waals surface area contributed by atoms with Crippen molar-refractivity contribution in [3.63, 3.8) is 0 Å². The fourth-order valence-corrected chi connectivity index (χ4v) is 5.07. The van der Waals surface area contributed by atoms with Crippen molar-refractivity contribution in [2.24, 2.45) is 5.92 Å². The number of unbranched alkanes of at least 4 members (excludes halogenated alkanes) is 1. The molecular formula is C26H29F3. The molecule has 0 radical (unpaired) electrons. The van der Waals surface area contributed by atoms with Crippen molar-refractivity contribution in [1.82, 2.24) is 0 Å². The highest BCUT2D eigenvalue weighted by Gasteiger charge is 2.25. The topological polar surface area (TPSA) is 0 Å². The number of hydrogen-bond acceptors (Lipinski definition) is 0. The first-order valence-electron chi connectivity index (χ1n) is 11.0. The van der Waals surface area contributed by atoms with Gasteiger partial charge in [-0.25, -0.2) is 13.2 Å². The Balaban J connectivity index is 1.53. The molecule has 0 atom stereocenters. The van der Waals surface area contributed by atoms with E-state index in [1.54, 1.807) is 24.3 Å². The summed E-state index contributed by atoms with van der Waals surface area (Å²) in [5.41, 5.74) is 3.29. The standard InChI is InChI=1S/C26H29F3/c1-2-3-4-17-5-7-18(8-6-17)22-15-24(28)26(25(29)16-22)21-10-9-20-14-23(27)12-11-19(20)13-21/h11-18H,2-10H2,1H3. The molecule has 2 aromatic carbocycles. The second-order valence-corrected chi connectivity index (χ2v) is 8.73. The van der Waals surface area contributed by atoms with Crippen LogP contribution < -0.4 is 0 Å². The molecule has 0 amide bonds. The van der Waals surface area contributed by atoms with Crippen LogP contribution in [0.2, 0.25) is 0 Å². The van der Waals surface area contributed by atoms with Crippen LogP contribution in [0.4, 0.5) is 13.2 Å². The maximum absolute atomic E-state index is 15.0. The third-order valence-electron chi connectivity index (χ3n) is 6.77. The van der Waals surface area contributed by atoms with E-state index >= 15 is 0 Å². The molecular weight excluding hydrogens is 369 g/mol. The van der Waals surface area contributed by atoms with E-state index in [0.717, 1.165) is 48.3 Å². The molecule has 0 nitrogen and oxygen atoms in total. The van der Waals surface area contributed by atoms with Crippen molar-refractivity contribution < 1.29 is 13.2 Å². The predicted molar refractivity (Wildman–Crippen MR) is 113 cm³/mol. The van der Waals surface area contributed by atoms with E-state index in [1.807, 2.05) is 0 Å². The van der Waals surface area contributed by atoms with Gasteiger partial charge in [-0.15, -0.1) is 0 Å². The molecule has 1 saturated carbocycles. The molecule has 0 heterocycles. The van der Waals surface area contributed by atoms with Gasteiger partial charge < -0.3 is 0 Å². The van der Waals surface area contributed by atoms with Gasteiger partial charge in [0.1, 0.15) is 17.5 Å². The lowest BCUT2D eigenvalue weighted by molar-refractivity contribution is 0.303. The molecule has 0 N–H and O–H groups in total. The Morgan fingerprint density at radius 3 is 2.31 bits per heavy atom. The molecule has 2 aromatic rings. The zero-order valence-corrected chi connectivity index (χ0v) is 17.1. The van der Waals surface area contributed by atoms with Gasteiger partial charge in [-0.3, -0.25) is 0 Å². The van der Waals surface area contributed by atoms with E-state index in [4.69, 9.17) is 0 Å². The molecule has 0 aromatic heterocycles. The summed E-state index contributed by atoms with van der Waals surface area (Å²) in [6, 6.07) is 7.69. The minimum atomic E-state index is -0.468. The maximum atomic E-state index is 15.0. The highest BCUT2D eigenvalue weighted by molar-refractivity contribution is 5.84. The van der Waals surface area contributed by atoms with Crippen molar-refractivity contribution in [2.45, 2.75) is 70.6 Å². The van der Waals surface area contributed by atoms with Crippen LogP contribution in [0.15, 0.2) is 30.3 Å². The van der Waals surface area contributed by atoms with Crippen LogP contribution in [0.5, 0.6) is 0 Å². The van der Waals surface area contributed by atoms with Gasteiger partial charge in [0.15, 0.2) is 0 Å². The number of hydrogen-bond donors (Lipinski definition) is 0. The third kappa shape index (κ3) is 4.44. The fourth-order valence-electron chi connectivity index (χ4n) is 5.07. The summed E-state index contributed by atoms with van der Waals surface area (Å²) in [5.74, 6) is -0.172. The molecule has 4 rings (SSSR count). The summed E-state index contributed by atoms with van der Waals surface area (Å²) in [7, 11) is 0. The summed E-state index contributed by atoms with van der Waals surface area (Å²) in [6.45, 7) is 2.22. The minimum absolute atomic E-state index is 0.0837. The van der Waals surface area contributed by atoms with Gasteiger partial charge in [0.25, 0.3) is 0 Å². The van der Waals surface area contributed by atoms with E-state index in [1.165, 1.54) is 31.4 Å². The average Bonchev–Trinajstić information content (AvgIpc) is 2.72. The van der Waals surface area contributed by atoms with E-state index in [9.17, 15) is 13.2 Å². The number of halogens is 3. The second-order valence-electron chi connectivity index (χ2n) is 8.73. The molecule has 154 valence electrons. The Morgan fingerprint density at radius 2 is 1.62 bits per heavy atom. The molecule has 3 heteroatoms. The molecule has 1 fully saturated rings. The summed E-state index contributed by atoms with van der Waals surface area (Å²) >= 11 is 0. The van der Waals surface area contributed by atoms with Crippen LogP contribution >= 0.6 is 0 Å². The van der Waals surface area contributed by atoms with Crippen molar-refractivity contribution in [3.8, 4) is 0 Å². The highest BCUT2D eigenvalue weighted by atomic mass is 19.1. The van der Waals surface area contributed by atoms with E-state index in [-0.39, 0.29) is 17.3 Å². The molecule has 0 spiro atoms. The molecule has 29 heavy (non-hydrogen) atoms. The van der Waals surface area contributed by atoms with Gasteiger partial charge in [-0.05, 0) is 96.9 Å². The monoisotopic (exact) mass is 398 g/mol. The Hall–Kier alpha value is -2.03. The first-order valence-corrected chi connectivity index (χ1v) is 11.0. The quantitative estimate of drug-likeness (QED) is 0.478. The zero-order valence-electron chi connectivity index (χ0n) is 17.1. The smallest absolute Gasteiger partial charge is 0.133 e. The van der Waals surface area contributed by atoms with Gasteiger partial charge in [-0.1, -0.05) is 38.3 Å². The van der Waals surface area contributed by atoms with Gasteiger partial charge >= 0.3 is 0 Å². The predicted octanol–water partition coefficient (Wildman–Crippen LogP) is 8.05. The largest absolute Gasteiger partial charge is 0.207 e. The normalized spacial score (nSPS) is 21.6. The molecule has 2 aliphatic rings. The van der Waals surface area contributed by atoms with Crippen LogP contribution in [0.3, 0.4) is 0 Å². The highest BCUT2D eigenvalue weighted by Crippen LogP contribution is 2.40. The van der Waals surface area contributed by atoms with Crippen LogP contribution in [-0.4, -0.2) is 0 Å². The summed E-state index contributed by atoms with van der Waals surface area (Å²) in [5, 5.41) is 0. The first-order chi connectivity index (χ1) is 14.0. The Labute approximate surface area is 171 Å². The van der Waals surface area contributed by atoms with Crippen LogP contribution in [0, 0.1) is 23.4 Å². The lowest BCUT2D eigenvalue weighted by Gasteiger charge is -2.29. The molecule has 2 aliphatic carbocycles. The molecule has 0 unspecified atom stereocenters. The maximum Gasteiger partial charge on any atom is 0.133 e. The lowest BCUT2D eigenvalue weighted by Crippen LogP contribution is -2.14. The number of allylic oxidation sites excluding steroid dienone is 1. The van der Waals surface area contributed by atoms with Gasteiger partial charge in [0, 0.05) is 5.56 Å². The Kier molecular flexibility index (Phi) is 6.12. The van der Waals surface area contributed by atoms with E-state index < -0.39 is 11.6 Å². The van der Waals surface area contributed by atoms with Crippen LogP contribution in [0.25, 0.3) is 11.6 Å². The first kappa shape index (κ1) is 20.3. The van der Waals surface area contributed by atoms with E-state index in [0.29, 0.717) is 18.4 Å². The van der Waals surface area contributed by atoms with Gasteiger partial charge in [-0.2, -0.15) is 0 Å². The van der Waals surface area contributed by atoms with Crippen molar-refractivity contribution >= 4 is 11.6 Å². The molecule has 0 aliphatic heterocycles. The third-order valence-corrected chi connectivity index (χ3v) is 6.77. The summed E-state index contributed by atoms with van der Waals surface area (Å²) in [6.07, 6.45) is 11.1. The Morgan fingerprint density at radius 1 is 0.897 bits per heavy atom. The average molecular weight is 399 g/mol. The van der Waals surface area contributed by atoms with Gasteiger partial charge in [0.05, 0.1) is 0 Å². The SMILES string of the molecule is CCCCC1CCC(c2cc(F)c(C3=Cc4ccc(F)cc4CC3)c(F)c2)CC1. The minimum Gasteiger partial charge on any atom is -0.207 e. The number of rotatable bonds is 5. The summed E-state index contributed by atoms with van der Waals surface area (Å²) < 4.78 is 43.4. The Bertz CT molecular complexity index is 881. The van der Waals surface area contributed by atoms with Crippen molar-refractivity contribution in [1.29, 1.82) is 0 Å².